The molecule has 0 aliphatic carbocycles. The Morgan fingerprint density at radius 2 is 2.00 bits per heavy atom. The second-order valence-corrected chi connectivity index (χ2v) is 5.54. The zero-order valence-corrected chi connectivity index (χ0v) is 13.0. The number of carboxylic acid groups (broad SMARTS) is 1. The standard InChI is InChI=1S/C14H14F2N2O2.C2H4O2/c15-10-2-1-8(5-11(10)16)12-6-9(3-4-17-12)13-7-14(19)18-20-13;1-2(3)4/h1-2,5,7,9,12,17H,3-4,6H2,(H,18,19);1H3,(H,3,4)/t9-,12+;/m0./s1. The molecule has 24 heavy (non-hydrogen) atoms. The van der Waals surface area contributed by atoms with Crippen molar-refractivity contribution in [1.29, 1.82) is 0 Å². The number of carbonyl (C=O) groups is 1. The molecule has 3 N–H and O–H groups in total. The predicted molar refractivity (Wildman–Crippen MR) is 81.7 cm³/mol. The highest BCUT2D eigenvalue weighted by Crippen LogP contribution is 2.33. The summed E-state index contributed by atoms with van der Waals surface area (Å²) in [5, 5.41) is 13.0. The maximum absolute atomic E-state index is 13.3. The van der Waals surface area contributed by atoms with E-state index >= 15 is 0 Å². The predicted octanol–water partition coefficient (Wildman–Crippen LogP) is 2.55. The van der Waals surface area contributed by atoms with Gasteiger partial charge in [0.1, 0.15) is 5.76 Å². The van der Waals surface area contributed by atoms with Gasteiger partial charge >= 0.3 is 0 Å². The van der Waals surface area contributed by atoms with Gasteiger partial charge in [0.25, 0.3) is 11.5 Å². The first-order valence-corrected chi connectivity index (χ1v) is 7.43. The van der Waals surface area contributed by atoms with E-state index in [-0.39, 0.29) is 17.5 Å². The topological polar surface area (TPSA) is 95.3 Å². The third-order valence-electron chi connectivity index (χ3n) is 3.69. The maximum Gasteiger partial charge on any atom is 0.300 e. The van der Waals surface area contributed by atoms with Gasteiger partial charge in [-0.2, -0.15) is 5.16 Å². The molecule has 8 heteroatoms. The fourth-order valence-electron chi connectivity index (χ4n) is 2.66. The van der Waals surface area contributed by atoms with Gasteiger partial charge in [0, 0.05) is 24.9 Å². The fourth-order valence-corrected chi connectivity index (χ4v) is 2.66. The molecule has 2 heterocycles. The van der Waals surface area contributed by atoms with Gasteiger partial charge in [-0.15, -0.1) is 0 Å². The van der Waals surface area contributed by atoms with E-state index in [0.717, 1.165) is 26.0 Å². The zero-order valence-electron chi connectivity index (χ0n) is 13.0. The average molecular weight is 340 g/mol. The summed E-state index contributed by atoms with van der Waals surface area (Å²) in [6.07, 6.45) is 1.51. The molecule has 1 aliphatic rings. The summed E-state index contributed by atoms with van der Waals surface area (Å²) in [6.45, 7) is 1.81. The van der Waals surface area contributed by atoms with Crippen LogP contribution in [0, 0.1) is 11.6 Å². The molecule has 1 aromatic carbocycles. The van der Waals surface area contributed by atoms with Crippen molar-refractivity contribution in [3.05, 3.63) is 57.6 Å². The smallest absolute Gasteiger partial charge is 0.300 e. The number of piperidine rings is 1. The Labute approximate surface area is 136 Å². The minimum atomic E-state index is -0.849. The Morgan fingerprint density at radius 3 is 2.58 bits per heavy atom. The van der Waals surface area contributed by atoms with Crippen LogP contribution in [-0.4, -0.2) is 22.8 Å². The van der Waals surface area contributed by atoms with Crippen LogP contribution in [-0.2, 0) is 4.79 Å². The van der Waals surface area contributed by atoms with Gasteiger partial charge in [-0.1, -0.05) is 6.07 Å². The van der Waals surface area contributed by atoms with E-state index in [2.05, 4.69) is 10.5 Å². The molecule has 130 valence electrons. The van der Waals surface area contributed by atoms with Crippen LogP contribution in [0.1, 0.15) is 43.0 Å². The molecule has 1 fully saturated rings. The second kappa shape index (κ2) is 7.87. The Kier molecular flexibility index (Phi) is 5.86. The highest BCUT2D eigenvalue weighted by molar-refractivity contribution is 5.62. The summed E-state index contributed by atoms with van der Waals surface area (Å²) in [7, 11) is 0. The number of aromatic amines is 1. The highest BCUT2D eigenvalue weighted by Gasteiger charge is 2.26. The first-order valence-electron chi connectivity index (χ1n) is 7.43. The molecular weight excluding hydrogens is 322 g/mol. The van der Waals surface area contributed by atoms with Crippen LogP contribution in [0.15, 0.2) is 33.6 Å². The summed E-state index contributed by atoms with van der Waals surface area (Å²) in [5.74, 6) is -1.82. The first-order chi connectivity index (χ1) is 11.4. The molecule has 0 radical (unpaired) electrons. The lowest BCUT2D eigenvalue weighted by atomic mass is 9.87. The van der Waals surface area contributed by atoms with Crippen LogP contribution in [0.25, 0.3) is 0 Å². The molecule has 6 nitrogen and oxygen atoms in total. The lowest BCUT2D eigenvalue weighted by Gasteiger charge is -2.29. The molecular formula is C16H18F2N2O4. The number of aromatic nitrogens is 1. The van der Waals surface area contributed by atoms with Gasteiger partial charge in [0.2, 0.25) is 0 Å². The van der Waals surface area contributed by atoms with E-state index in [0.29, 0.717) is 17.7 Å². The normalized spacial score (nSPS) is 20.1. The molecule has 0 spiro atoms. The Bertz CT molecular complexity index is 753. The number of hydrogen-bond donors (Lipinski definition) is 3. The number of H-pyrrole nitrogens is 1. The van der Waals surface area contributed by atoms with Crippen molar-refractivity contribution >= 4 is 5.97 Å². The van der Waals surface area contributed by atoms with Crippen molar-refractivity contribution in [2.75, 3.05) is 6.54 Å². The fraction of sp³-hybridized carbons (Fsp3) is 0.375. The molecule has 2 atom stereocenters. The van der Waals surface area contributed by atoms with Crippen LogP contribution in [0.2, 0.25) is 0 Å². The van der Waals surface area contributed by atoms with Crippen molar-refractivity contribution in [3.8, 4) is 0 Å². The largest absolute Gasteiger partial charge is 0.481 e. The monoisotopic (exact) mass is 340 g/mol. The van der Waals surface area contributed by atoms with Gasteiger partial charge in [-0.3, -0.25) is 9.59 Å². The second-order valence-electron chi connectivity index (χ2n) is 5.54. The maximum atomic E-state index is 13.3. The summed E-state index contributed by atoms with van der Waals surface area (Å²) >= 11 is 0. The SMILES string of the molecule is CC(=O)O.O=c1cc([C@H]2CCN[C@@H](c3ccc(F)c(F)c3)C2)o[nH]1. The van der Waals surface area contributed by atoms with Crippen LogP contribution >= 0.6 is 0 Å². The number of rotatable bonds is 2. The quantitative estimate of drug-likeness (QED) is 0.781. The van der Waals surface area contributed by atoms with Crippen LogP contribution in [0.4, 0.5) is 8.78 Å². The van der Waals surface area contributed by atoms with Crippen molar-refractivity contribution in [2.24, 2.45) is 0 Å². The first kappa shape index (κ1) is 17.9. The number of benzene rings is 1. The number of nitrogens with one attached hydrogen (secondary N) is 2. The summed E-state index contributed by atoms with van der Waals surface area (Å²) in [5.41, 5.74) is 0.439. The summed E-state index contributed by atoms with van der Waals surface area (Å²) in [4.78, 5) is 20.1. The molecule has 1 aromatic heterocycles. The van der Waals surface area contributed by atoms with Crippen molar-refractivity contribution in [1.82, 2.24) is 10.5 Å². The van der Waals surface area contributed by atoms with Crippen LogP contribution in [0.3, 0.4) is 0 Å². The molecule has 0 bridgehead atoms. The van der Waals surface area contributed by atoms with Crippen LogP contribution < -0.4 is 10.9 Å². The molecule has 1 saturated heterocycles. The minimum Gasteiger partial charge on any atom is -0.481 e. The lowest BCUT2D eigenvalue weighted by Crippen LogP contribution is -2.31. The van der Waals surface area contributed by atoms with Gasteiger partial charge in [-0.25, -0.2) is 8.78 Å². The molecule has 2 aromatic rings. The van der Waals surface area contributed by atoms with Gasteiger partial charge in [-0.05, 0) is 37.1 Å². The Balaban J connectivity index is 0.000000471. The highest BCUT2D eigenvalue weighted by atomic mass is 19.2. The molecule has 0 saturated carbocycles. The molecule has 1 aliphatic heterocycles. The summed E-state index contributed by atoms with van der Waals surface area (Å²) < 4.78 is 31.4. The van der Waals surface area contributed by atoms with E-state index in [9.17, 15) is 13.6 Å². The van der Waals surface area contributed by atoms with E-state index in [1.54, 1.807) is 6.07 Å². The summed E-state index contributed by atoms with van der Waals surface area (Å²) in [6, 6.07) is 5.28. The number of aliphatic carboxylic acids is 1. The van der Waals surface area contributed by atoms with Gasteiger partial charge in [0.05, 0.1) is 0 Å². The molecule has 0 unspecified atom stereocenters. The molecule has 3 rings (SSSR count). The Morgan fingerprint density at radius 1 is 1.29 bits per heavy atom. The van der Waals surface area contributed by atoms with E-state index in [1.165, 1.54) is 12.1 Å². The number of hydrogen-bond acceptors (Lipinski definition) is 4. The lowest BCUT2D eigenvalue weighted by molar-refractivity contribution is -0.134. The van der Waals surface area contributed by atoms with Crippen LogP contribution in [0.5, 0.6) is 0 Å². The van der Waals surface area contributed by atoms with Gasteiger partial charge in [0.15, 0.2) is 11.6 Å². The zero-order chi connectivity index (χ0) is 17.7. The Hall–Kier alpha value is -2.48. The van der Waals surface area contributed by atoms with Crippen molar-refractivity contribution in [3.63, 3.8) is 0 Å². The number of carboxylic acids is 1. The van der Waals surface area contributed by atoms with Gasteiger partial charge < -0.3 is 14.9 Å². The van der Waals surface area contributed by atoms with Crippen molar-refractivity contribution in [2.45, 2.75) is 31.7 Å². The average Bonchev–Trinajstić information content (AvgIpc) is 2.96. The molecule has 0 amide bonds. The third-order valence-corrected chi connectivity index (χ3v) is 3.69. The van der Waals surface area contributed by atoms with E-state index in [1.807, 2.05) is 0 Å². The third kappa shape index (κ3) is 4.76. The minimum absolute atomic E-state index is 0.0796. The number of halogens is 2. The van der Waals surface area contributed by atoms with E-state index < -0.39 is 17.6 Å². The van der Waals surface area contributed by atoms with Crippen molar-refractivity contribution < 1.29 is 23.2 Å². The van der Waals surface area contributed by atoms with E-state index in [4.69, 9.17) is 14.4 Å².